The maximum atomic E-state index is 11.8. The van der Waals surface area contributed by atoms with Crippen LogP contribution in [0.25, 0.3) is 0 Å². The molecule has 1 aliphatic heterocycles. The summed E-state index contributed by atoms with van der Waals surface area (Å²) in [7, 11) is 0. The summed E-state index contributed by atoms with van der Waals surface area (Å²) in [4.78, 5) is 23.0. The van der Waals surface area contributed by atoms with Crippen molar-refractivity contribution in [3.63, 3.8) is 0 Å². The Balaban J connectivity index is 2.04. The van der Waals surface area contributed by atoms with Crippen molar-refractivity contribution in [2.45, 2.75) is 11.6 Å². The first-order chi connectivity index (χ1) is 9.16. The molecule has 1 aliphatic rings. The van der Waals surface area contributed by atoms with Crippen LogP contribution in [0.1, 0.15) is 26.3 Å². The standard InChI is InChI=1S/C14H11NO3S/c16-11-8-19-13-12(11)10(14(17)18)7-15(13)6-9-4-2-1-3-5-9/h1-5,7H,6,8H2,(H,17,18). The maximum absolute atomic E-state index is 11.8. The number of aromatic nitrogens is 1. The van der Waals surface area contributed by atoms with Gasteiger partial charge in [0.05, 0.1) is 21.9 Å². The fraction of sp³-hybridized carbons (Fsp3) is 0.143. The van der Waals surface area contributed by atoms with Crippen LogP contribution in [0.2, 0.25) is 0 Å². The van der Waals surface area contributed by atoms with E-state index in [-0.39, 0.29) is 11.3 Å². The molecule has 0 spiro atoms. The summed E-state index contributed by atoms with van der Waals surface area (Å²) in [6.07, 6.45) is 1.56. The second-order valence-electron chi connectivity index (χ2n) is 4.35. The monoisotopic (exact) mass is 273 g/mol. The number of carbonyl (C=O) groups excluding carboxylic acids is 1. The lowest BCUT2D eigenvalue weighted by atomic mass is 10.1. The van der Waals surface area contributed by atoms with Crippen molar-refractivity contribution in [1.82, 2.24) is 4.57 Å². The van der Waals surface area contributed by atoms with Gasteiger partial charge in [-0.2, -0.15) is 0 Å². The maximum Gasteiger partial charge on any atom is 0.338 e. The van der Waals surface area contributed by atoms with Crippen molar-refractivity contribution in [3.8, 4) is 0 Å². The fourth-order valence-electron chi connectivity index (χ4n) is 2.23. The molecular weight excluding hydrogens is 262 g/mol. The first-order valence-corrected chi connectivity index (χ1v) is 6.81. The first-order valence-electron chi connectivity index (χ1n) is 5.83. The molecule has 2 heterocycles. The van der Waals surface area contributed by atoms with Gasteiger partial charge < -0.3 is 9.67 Å². The summed E-state index contributed by atoms with van der Waals surface area (Å²) in [6.45, 7) is 0.580. The normalized spacial score (nSPS) is 13.6. The van der Waals surface area contributed by atoms with Crippen LogP contribution in [0.5, 0.6) is 0 Å². The van der Waals surface area contributed by atoms with Gasteiger partial charge >= 0.3 is 5.97 Å². The van der Waals surface area contributed by atoms with Crippen molar-refractivity contribution in [2.75, 3.05) is 5.75 Å². The lowest BCUT2D eigenvalue weighted by Gasteiger charge is -2.06. The minimum Gasteiger partial charge on any atom is -0.478 e. The van der Waals surface area contributed by atoms with Gasteiger partial charge in [0.15, 0.2) is 5.78 Å². The van der Waals surface area contributed by atoms with Gasteiger partial charge in [0.1, 0.15) is 0 Å². The van der Waals surface area contributed by atoms with E-state index in [1.807, 2.05) is 34.9 Å². The summed E-state index contributed by atoms with van der Waals surface area (Å²) in [5.74, 6) is -0.802. The summed E-state index contributed by atoms with van der Waals surface area (Å²) in [5, 5.41) is 9.94. The molecule has 0 atom stereocenters. The zero-order valence-electron chi connectivity index (χ0n) is 10.00. The Morgan fingerprint density at radius 1 is 1.32 bits per heavy atom. The van der Waals surface area contributed by atoms with E-state index in [0.717, 1.165) is 10.6 Å². The topological polar surface area (TPSA) is 59.3 Å². The average molecular weight is 273 g/mol. The quantitative estimate of drug-likeness (QED) is 0.933. The van der Waals surface area contributed by atoms with Crippen LogP contribution < -0.4 is 0 Å². The van der Waals surface area contributed by atoms with E-state index in [2.05, 4.69) is 0 Å². The van der Waals surface area contributed by atoms with Gasteiger partial charge in [-0.05, 0) is 5.56 Å². The number of fused-ring (bicyclic) bond motifs is 1. The number of benzene rings is 1. The number of hydrogen-bond donors (Lipinski definition) is 1. The average Bonchev–Trinajstić information content (AvgIpc) is 2.93. The minimum atomic E-state index is -1.04. The lowest BCUT2D eigenvalue weighted by molar-refractivity contribution is 0.0692. The summed E-state index contributed by atoms with van der Waals surface area (Å²) in [5.41, 5.74) is 1.56. The SMILES string of the molecule is O=C(O)c1cn(Cc2ccccc2)c2c1C(=O)CS2. The van der Waals surface area contributed by atoms with Gasteiger partial charge in [-0.15, -0.1) is 0 Å². The van der Waals surface area contributed by atoms with Crippen molar-refractivity contribution < 1.29 is 14.7 Å². The van der Waals surface area contributed by atoms with Crippen molar-refractivity contribution in [1.29, 1.82) is 0 Å². The molecule has 1 N–H and O–H groups in total. The molecule has 1 aromatic heterocycles. The van der Waals surface area contributed by atoms with Crippen LogP contribution in [-0.2, 0) is 6.54 Å². The summed E-state index contributed by atoms with van der Waals surface area (Å²) >= 11 is 1.41. The molecule has 1 aromatic carbocycles. The number of carboxylic acid groups (broad SMARTS) is 1. The van der Waals surface area contributed by atoms with Crippen LogP contribution in [0, 0.1) is 0 Å². The molecule has 0 bridgehead atoms. The number of thioether (sulfide) groups is 1. The van der Waals surface area contributed by atoms with E-state index in [1.54, 1.807) is 6.20 Å². The third-order valence-corrected chi connectivity index (χ3v) is 4.19. The van der Waals surface area contributed by atoms with Crippen molar-refractivity contribution >= 4 is 23.5 Å². The number of Topliss-reactive ketones (excluding diaryl/α,β-unsaturated/α-hetero) is 1. The van der Waals surface area contributed by atoms with E-state index in [9.17, 15) is 14.7 Å². The summed E-state index contributed by atoms with van der Waals surface area (Å²) < 4.78 is 1.85. The van der Waals surface area contributed by atoms with E-state index < -0.39 is 5.97 Å². The van der Waals surface area contributed by atoms with E-state index >= 15 is 0 Å². The number of carboxylic acids is 1. The highest BCUT2D eigenvalue weighted by Crippen LogP contribution is 2.35. The minimum absolute atomic E-state index is 0.0933. The Hall–Kier alpha value is -2.01. The van der Waals surface area contributed by atoms with Crippen molar-refractivity contribution in [3.05, 3.63) is 53.2 Å². The Morgan fingerprint density at radius 3 is 2.74 bits per heavy atom. The van der Waals surface area contributed by atoms with Crippen LogP contribution in [0.15, 0.2) is 41.6 Å². The van der Waals surface area contributed by atoms with Crippen molar-refractivity contribution in [2.24, 2.45) is 0 Å². The van der Waals surface area contributed by atoms with Crippen LogP contribution in [0.3, 0.4) is 0 Å². The second kappa shape index (κ2) is 4.59. The fourth-order valence-corrected chi connectivity index (χ4v) is 3.29. The van der Waals surface area contributed by atoms with Gasteiger partial charge in [0.2, 0.25) is 0 Å². The van der Waals surface area contributed by atoms with Gasteiger partial charge in [-0.1, -0.05) is 42.1 Å². The van der Waals surface area contributed by atoms with Gasteiger partial charge in [-0.25, -0.2) is 4.79 Å². The summed E-state index contributed by atoms with van der Waals surface area (Å²) in [6, 6.07) is 9.78. The molecule has 0 radical (unpaired) electrons. The number of aromatic carboxylic acids is 1. The van der Waals surface area contributed by atoms with Gasteiger partial charge in [0, 0.05) is 12.7 Å². The Bertz CT molecular complexity index is 661. The zero-order chi connectivity index (χ0) is 13.4. The number of nitrogens with zero attached hydrogens (tertiary/aromatic N) is 1. The molecule has 0 saturated carbocycles. The molecular formula is C14H11NO3S. The molecule has 2 aromatic rings. The van der Waals surface area contributed by atoms with Gasteiger partial charge in [0.25, 0.3) is 0 Å². The van der Waals surface area contributed by atoms with Crippen LogP contribution >= 0.6 is 11.8 Å². The van der Waals surface area contributed by atoms with Crippen LogP contribution in [0.4, 0.5) is 0 Å². The smallest absolute Gasteiger partial charge is 0.338 e. The molecule has 0 amide bonds. The zero-order valence-corrected chi connectivity index (χ0v) is 10.8. The Labute approximate surface area is 114 Å². The molecule has 4 nitrogen and oxygen atoms in total. The lowest BCUT2D eigenvalue weighted by Crippen LogP contribution is -2.04. The number of ketones is 1. The first kappa shape index (κ1) is 12.0. The second-order valence-corrected chi connectivity index (χ2v) is 5.32. The molecule has 96 valence electrons. The largest absolute Gasteiger partial charge is 0.478 e. The molecule has 0 fully saturated rings. The molecule has 19 heavy (non-hydrogen) atoms. The number of carbonyl (C=O) groups is 2. The predicted octanol–water partition coefficient (Wildman–Crippen LogP) is 2.52. The predicted molar refractivity (Wildman–Crippen MR) is 72.0 cm³/mol. The van der Waals surface area contributed by atoms with E-state index in [4.69, 9.17) is 0 Å². The Kier molecular flexibility index (Phi) is 2.91. The molecule has 5 heteroatoms. The van der Waals surface area contributed by atoms with E-state index in [1.165, 1.54) is 11.8 Å². The highest BCUT2D eigenvalue weighted by molar-refractivity contribution is 8.00. The molecule has 0 saturated heterocycles. The highest BCUT2D eigenvalue weighted by Gasteiger charge is 2.31. The molecule has 0 aliphatic carbocycles. The van der Waals surface area contributed by atoms with Crippen LogP contribution in [-0.4, -0.2) is 27.2 Å². The molecule has 3 rings (SSSR count). The van der Waals surface area contributed by atoms with Gasteiger partial charge in [-0.3, -0.25) is 4.79 Å². The number of hydrogen-bond acceptors (Lipinski definition) is 3. The third-order valence-electron chi connectivity index (χ3n) is 3.07. The third kappa shape index (κ3) is 2.06. The molecule has 0 unspecified atom stereocenters. The number of rotatable bonds is 3. The van der Waals surface area contributed by atoms with E-state index in [0.29, 0.717) is 17.9 Å². The highest BCUT2D eigenvalue weighted by atomic mass is 32.2. The Morgan fingerprint density at radius 2 is 2.05 bits per heavy atom.